The summed E-state index contributed by atoms with van der Waals surface area (Å²) in [6.45, 7) is 0. The van der Waals surface area contributed by atoms with E-state index in [2.05, 4.69) is 209 Å². The van der Waals surface area contributed by atoms with Gasteiger partial charge in [-0.3, -0.25) is 4.57 Å². The largest absolute Gasteiger partial charge is 0.309 e. The summed E-state index contributed by atoms with van der Waals surface area (Å²) < 4.78 is 4.65. The molecule has 0 spiro atoms. The van der Waals surface area contributed by atoms with Crippen molar-refractivity contribution >= 4 is 65.3 Å². The van der Waals surface area contributed by atoms with E-state index < -0.39 is 0 Å². The lowest BCUT2D eigenvalue weighted by molar-refractivity contribution is 1.01. The van der Waals surface area contributed by atoms with Gasteiger partial charge in [-0.05, 0) is 81.6 Å². The highest BCUT2D eigenvalue weighted by Crippen LogP contribution is 2.43. The fourth-order valence-corrected chi connectivity index (χ4v) is 9.14. The molecule has 0 aliphatic rings. The molecule has 0 fully saturated rings. The molecule has 4 heteroatoms. The average Bonchev–Trinajstić information content (AvgIpc) is 3.81. The van der Waals surface area contributed by atoms with Crippen LogP contribution in [0, 0.1) is 0 Å². The fourth-order valence-electron chi connectivity index (χ4n) is 9.14. The number of hydrogen-bond acceptors (Lipinski definition) is 2. The third-order valence-corrected chi connectivity index (χ3v) is 11.7. The van der Waals surface area contributed by atoms with Gasteiger partial charge in [0.1, 0.15) is 0 Å². The zero-order valence-corrected chi connectivity index (χ0v) is 31.4. The molecule has 0 aliphatic carbocycles. The molecule has 4 nitrogen and oxygen atoms in total. The Kier molecular flexibility index (Phi) is 7.20. The fraction of sp³-hybridized carbons (Fsp3) is 0. The van der Waals surface area contributed by atoms with E-state index in [4.69, 9.17) is 9.97 Å². The first-order chi connectivity index (χ1) is 28.8. The maximum Gasteiger partial charge on any atom is 0.235 e. The van der Waals surface area contributed by atoms with Crippen LogP contribution in [-0.4, -0.2) is 19.1 Å². The van der Waals surface area contributed by atoms with Gasteiger partial charge in [-0.2, -0.15) is 0 Å². The Hall–Kier alpha value is -7.82. The first kappa shape index (κ1) is 32.4. The average molecular weight is 739 g/mol. The normalized spacial score (nSPS) is 11.8. The van der Waals surface area contributed by atoms with Crippen molar-refractivity contribution in [2.24, 2.45) is 0 Å². The predicted octanol–water partition coefficient (Wildman–Crippen LogP) is 14.0. The highest BCUT2D eigenvalue weighted by atomic mass is 15.2. The van der Waals surface area contributed by atoms with Crippen molar-refractivity contribution in [1.82, 2.24) is 19.1 Å². The zero-order valence-electron chi connectivity index (χ0n) is 31.4. The van der Waals surface area contributed by atoms with Crippen LogP contribution in [0.5, 0.6) is 0 Å². The van der Waals surface area contributed by atoms with Gasteiger partial charge in [-0.15, -0.1) is 0 Å². The maximum atomic E-state index is 5.37. The van der Waals surface area contributed by atoms with Crippen molar-refractivity contribution in [2.75, 3.05) is 0 Å². The molecule has 0 saturated heterocycles. The van der Waals surface area contributed by atoms with Crippen LogP contribution in [0.25, 0.3) is 110 Å². The number of fused-ring (bicyclic) bond motifs is 9. The molecule has 58 heavy (non-hydrogen) atoms. The van der Waals surface area contributed by atoms with E-state index in [1.807, 2.05) is 6.07 Å². The lowest BCUT2D eigenvalue weighted by Gasteiger charge is -2.14. The molecule has 0 aliphatic heterocycles. The van der Waals surface area contributed by atoms with Crippen molar-refractivity contribution in [3.8, 4) is 45.1 Å². The van der Waals surface area contributed by atoms with Crippen LogP contribution in [0.4, 0.5) is 0 Å². The topological polar surface area (TPSA) is 35.6 Å². The van der Waals surface area contributed by atoms with Crippen molar-refractivity contribution in [3.05, 3.63) is 206 Å². The molecule has 0 amide bonds. The highest BCUT2D eigenvalue weighted by molar-refractivity contribution is 6.24. The van der Waals surface area contributed by atoms with Gasteiger partial charge in [0.25, 0.3) is 0 Å². The van der Waals surface area contributed by atoms with E-state index in [0.29, 0.717) is 5.95 Å². The maximum absolute atomic E-state index is 5.37. The quantitative estimate of drug-likeness (QED) is 0.176. The van der Waals surface area contributed by atoms with E-state index in [-0.39, 0.29) is 0 Å². The van der Waals surface area contributed by atoms with Gasteiger partial charge in [0.15, 0.2) is 0 Å². The minimum Gasteiger partial charge on any atom is -0.309 e. The van der Waals surface area contributed by atoms with Crippen molar-refractivity contribution in [1.29, 1.82) is 0 Å². The van der Waals surface area contributed by atoms with Crippen LogP contribution in [0.2, 0.25) is 0 Å². The summed E-state index contributed by atoms with van der Waals surface area (Å²) in [4.78, 5) is 10.6. The van der Waals surface area contributed by atoms with Gasteiger partial charge >= 0.3 is 0 Å². The number of nitrogens with zero attached hydrogens (tertiary/aromatic N) is 4. The van der Waals surface area contributed by atoms with Crippen LogP contribution < -0.4 is 0 Å². The SMILES string of the molecule is c1ccc(-c2nc(-n3c4ccccc4c4c5ccccc5c(-c5cccc(-c6ccc7c8ccccc8n(-c8ccccc8)c7c6)c5)cc43)nc3ccccc23)cc1. The molecule has 0 N–H and O–H groups in total. The van der Waals surface area contributed by atoms with Gasteiger partial charge in [0.05, 0.1) is 33.3 Å². The molecule has 0 bridgehead atoms. The summed E-state index contributed by atoms with van der Waals surface area (Å²) in [6.07, 6.45) is 0. The molecule has 12 rings (SSSR count). The van der Waals surface area contributed by atoms with Crippen LogP contribution in [0.1, 0.15) is 0 Å². The molecule has 3 heterocycles. The second-order valence-corrected chi connectivity index (χ2v) is 15.0. The second-order valence-electron chi connectivity index (χ2n) is 15.0. The van der Waals surface area contributed by atoms with Gasteiger partial charge < -0.3 is 4.57 Å². The summed E-state index contributed by atoms with van der Waals surface area (Å²) in [5, 5.41) is 8.31. The van der Waals surface area contributed by atoms with Crippen LogP contribution in [-0.2, 0) is 0 Å². The summed E-state index contributed by atoms with van der Waals surface area (Å²) in [6, 6.07) is 73.8. The first-order valence-electron chi connectivity index (χ1n) is 19.8. The van der Waals surface area contributed by atoms with Crippen LogP contribution in [0.3, 0.4) is 0 Å². The Balaban J connectivity index is 1.09. The van der Waals surface area contributed by atoms with Crippen molar-refractivity contribution < 1.29 is 0 Å². The Morgan fingerprint density at radius 1 is 0.310 bits per heavy atom. The molecular weight excluding hydrogens is 705 g/mol. The van der Waals surface area contributed by atoms with E-state index in [1.165, 1.54) is 54.5 Å². The summed E-state index contributed by atoms with van der Waals surface area (Å²) in [5.41, 5.74) is 13.2. The zero-order chi connectivity index (χ0) is 38.2. The van der Waals surface area contributed by atoms with E-state index >= 15 is 0 Å². The van der Waals surface area contributed by atoms with Gasteiger partial charge in [-0.25, -0.2) is 9.97 Å². The summed E-state index contributed by atoms with van der Waals surface area (Å²) in [5.74, 6) is 0.654. The number of hydrogen-bond donors (Lipinski definition) is 0. The molecule has 0 radical (unpaired) electrons. The Morgan fingerprint density at radius 2 is 0.897 bits per heavy atom. The predicted molar refractivity (Wildman–Crippen MR) is 242 cm³/mol. The minimum atomic E-state index is 0.654. The number of rotatable bonds is 5. The lowest BCUT2D eigenvalue weighted by atomic mass is 9.93. The smallest absolute Gasteiger partial charge is 0.235 e. The highest BCUT2D eigenvalue weighted by Gasteiger charge is 2.21. The number of benzene rings is 9. The molecule has 270 valence electrons. The molecular formula is C54H34N4. The lowest BCUT2D eigenvalue weighted by Crippen LogP contribution is -2.03. The van der Waals surface area contributed by atoms with E-state index in [1.54, 1.807) is 0 Å². The monoisotopic (exact) mass is 738 g/mol. The Bertz CT molecular complexity index is 3560. The minimum absolute atomic E-state index is 0.654. The molecule has 3 aromatic heterocycles. The van der Waals surface area contributed by atoms with Gasteiger partial charge in [0.2, 0.25) is 5.95 Å². The second kappa shape index (κ2) is 12.9. The molecule has 9 aromatic carbocycles. The molecule has 0 unspecified atom stereocenters. The van der Waals surface area contributed by atoms with Crippen LogP contribution >= 0.6 is 0 Å². The van der Waals surface area contributed by atoms with Gasteiger partial charge in [0, 0.05) is 38.2 Å². The van der Waals surface area contributed by atoms with Gasteiger partial charge in [-0.1, -0.05) is 158 Å². The third kappa shape index (κ3) is 4.95. The number of aromatic nitrogens is 4. The van der Waals surface area contributed by atoms with Crippen molar-refractivity contribution in [3.63, 3.8) is 0 Å². The molecule has 0 atom stereocenters. The Morgan fingerprint density at radius 3 is 1.71 bits per heavy atom. The number of para-hydroxylation sites is 4. The standard InChI is InChI=1S/C54H34N4/c1-3-16-35(17-4-1)53-44-25-9-12-27-47(44)55-54(56-53)58-49-29-14-11-26-45(49)52-43-24-8-7-22-40(43)46(34-51(52)58)38-19-15-18-36(32-38)37-30-31-42-41-23-10-13-28-48(41)57(50(42)33-37)39-20-5-2-6-21-39/h1-34H. The first-order valence-corrected chi connectivity index (χ1v) is 19.8. The Labute approximate surface area is 334 Å². The molecule has 12 aromatic rings. The molecule has 0 saturated carbocycles. The third-order valence-electron chi connectivity index (χ3n) is 11.7. The van der Waals surface area contributed by atoms with E-state index in [9.17, 15) is 0 Å². The van der Waals surface area contributed by atoms with Crippen molar-refractivity contribution in [2.45, 2.75) is 0 Å². The van der Waals surface area contributed by atoms with E-state index in [0.717, 1.165) is 50.0 Å². The summed E-state index contributed by atoms with van der Waals surface area (Å²) in [7, 11) is 0. The van der Waals surface area contributed by atoms with Crippen LogP contribution in [0.15, 0.2) is 206 Å². The summed E-state index contributed by atoms with van der Waals surface area (Å²) >= 11 is 0.